The molecule has 0 bridgehead atoms. The molecule has 2 rings (SSSR count). The van der Waals surface area contributed by atoms with Gasteiger partial charge in [-0.3, -0.25) is 0 Å². The van der Waals surface area contributed by atoms with Crippen LogP contribution in [0.2, 0.25) is 0 Å². The largest absolute Gasteiger partial charge is 0.395 e. The third-order valence-electron chi connectivity index (χ3n) is 2.79. The zero-order valence-corrected chi connectivity index (χ0v) is 8.03. The molecular weight excluding hydrogens is 178 g/mol. The maximum Gasteiger partial charge on any atom is 0.0684 e. The van der Waals surface area contributed by atoms with Gasteiger partial charge in [-0.05, 0) is 23.1 Å². The van der Waals surface area contributed by atoms with Gasteiger partial charge in [-0.25, -0.2) is 0 Å². The topological polar surface area (TPSA) is 52.5 Å². The van der Waals surface area contributed by atoms with Crippen molar-refractivity contribution in [2.24, 2.45) is 0 Å². The van der Waals surface area contributed by atoms with E-state index >= 15 is 0 Å². The van der Waals surface area contributed by atoms with Crippen molar-refractivity contribution in [3.05, 3.63) is 34.9 Å². The van der Waals surface area contributed by atoms with Crippen LogP contribution >= 0.6 is 0 Å². The van der Waals surface area contributed by atoms with E-state index in [2.05, 4.69) is 11.4 Å². The summed E-state index contributed by atoms with van der Waals surface area (Å²) in [6, 6.07) is 6.11. The minimum atomic E-state index is 0.0846. The molecule has 0 radical (unpaired) electrons. The predicted molar refractivity (Wildman–Crippen MR) is 53.8 cm³/mol. The highest BCUT2D eigenvalue weighted by atomic mass is 16.3. The summed E-state index contributed by atoms with van der Waals surface area (Å²) in [6.45, 7) is 1.02. The third kappa shape index (κ3) is 1.66. The Hall–Kier alpha value is -0.900. The average molecular weight is 193 g/mol. The molecule has 3 nitrogen and oxygen atoms in total. The molecule has 1 aliphatic rings. The summed E-state index contributed by atoms with van der Waals surface area (Å²) in [5, 5.41) is 21.5. The number of fused-ring (bicyclic) bond motifs is 1. The molecule has 0 saturated carbocycles. The van der Waals surface area contributed by atoms with Crippen LogP contribution in [-0.4, -0.2) is 22.9 Å². The van der Waals surface area contributed by atoms with Gasteiger partial charge in [-0.15, -0.1) is 0 Å². The highest BCUT2D eigenvalue weighted by Gasteiger charge is 2.18. The van der Waals surface area contributed by atoms with E-state index in [0.29, 0.717) is 0 Å². The summed E-state index contributed by atoms with van der Waals surface area (Å²) in [4.78, 5) is 0. The summed E-state index contributed by atoms with van der Waals surface area (Å²) in [7, 11) is 0. The lowest BCUT2D eigenvalue weighted by molar-refractivity contribution is 0.233. The van der Waals surface area contributed by atoms with E-state index in [4.69, 9.17) is 10.2 Å². The monoisotopic (exact) mass is 193 g/mol. The number of nitrogens with one attached hydrogen (secondary N) is 1. The zero-order valence-electron chi connectivity index (χ0n) is 8.03. The predicted octanol–water partition coefficient (Wildman–Crippen LogP) is 0.186. The Bertz CT molecular complexity index is 311. The van der Waals surface area contributed by atoms with Crippen LogP contribution in [-0.2, 0) is 19.6 Å². The maximum atomic E-state index is 9.17. The van der Waals surface area contributed by atoms with Gasteiger partial charge in [0.2, 0.25) is 0 Å². The summed E-state index contributed by atoms with van der Waals surface area (Å²) in [6.07, 6.45) is 0.808. The minimum Gasteiger partial charge on any atom is -0.395 e. The molecule has 0 fully saturated rings. The van der Waals surface area contributed by atoms with Crippen LogP contribution < -0.4 is 5.32 Å². The molecule has 1 aliphatic heterocycles. The molecule has 0 amide bonds. The van der Waals surface area contributed by atoms with Gasteiger partial charge in [0, 0.05) is 12.6 Å². The van der Waals surface area contributed by atoms with Crippen LogP contribution in [0.4, 0.5) is 0 Å². The van der Waals surface area contributed by atoms with Crippen molar-refractivity contribution >= 4 is 0 Å². The van der Waals surface area contributed by atoms with Crippen LogP contribution in [0.3, 0.4) is 0 Å². The van der Waals surface area contributed by atoms with E-state index in [-0.39, 0.29) is 19.3 Å². The number of aliphatic hydroxyl groups is 2. The Kier molecular flexibility index (Phi) is 2.82. The molecular formula is C11H15NO2. The fraction of sp³-hybridized carbons (Fsp3) is 0.455. The molecule has 0 aromatic heterocycles. The van der Waals surface area contributed by atoms with E-state index in [0.717, 1.165) is 18.5 Å². The fourth-order valence-electron chi connectivity index (χ4n) is 1.97. The molecule has 1 atom stereocenters. The normalized spacial score (nSPS) is 20.6. The van der Waals surface area contributed by atoms with Crippen molar-refractivity contribution in [2.45, 2.75) is 25.6 Å². The standard InChI is InChI=1S/C11H15NO2/c13-6-9-3-1-2-8-5-12-10(7-14)4-11(8)9/h1-3,10,12-14H,4-7H2/t10-/m0/s1. The smallest absolute Gasteiger partial charge is 0.0684 e. The van der Waals surface area contributed by atoms with E-state index in [9.17, 15) is 0 Å². The van der Waals surface area contributed by atoms with Crippen molar-refractivity contribution in [3.63, 3.8) is 0 Å². The first kappa shape index (κ1) is 9.65. The third-order valence-corrected chi connectivity index (χ3v) is 2.79. The molecule has 1 heterocycles. The SMILES string of the molecule is OCc1cccc2c1C[C@@H](CO)NC2. The molecule has 76 valence electrons. The van der Waals surface area contributed by atoms with Gasteiger partial charge in [-0.2, -0.15) is 0 Å². The second-order valence-corrected chi connectivity index (χ2v) is 3.68. The Morgan fingerprint density at radius 1 is 1.36 bits per heavy atom. The minimum absolute atomic E-state index is 0.0846. The van der Waals surface area contributed by atoms with Crippen molar-refractivity contribution in [2.75, 3.05) is 6.61 Å². The van der Waals surface area contributed by atoms with E-state index in [1.807, 2.05) is 12.1 Å². The molecule has 0 spiro atoms. The van der Waals surface area contributed by atoms with Crippen LogP contribution in [0, 0.1) is 0 Å². The van der Waals surface area contributed by atoms with Gasteiger partial charge in [0.1, 0.15) is 0 Å². The molecule has 1 aromatic rings. The molecule has 0 unspecified atom stereocenters. The first-order valence-corrected chi connectivity index (χ1v) is 4.90. The maximum absolute atomic E-state index is 9.17. The molecule has 0 saturated heterocycles. The Labute approximate surface area is 83.4 Å². The summed E-state index contributed by atoms with van der Waals surface area (Å²) >= 11 is 0. The van der Waals surface area contributed by atoms with E-state index in [1.54, 1.807) is 0 Å². The molecule has 3 N–H and O–H groups in total. The number of rotatable bonds is 2. The van der Waals surface area contributed by atoms with Crippen LogP contribution in [0.15, 0.2) is 18.2 Å². The van der Waals surface area contributed by atoms with Crippen molar-refractivity contribution in [1.82, 2.24) is 5.32 Å². The summed E-state index contributed by atoms with van der Waals surface area (Å²) in [5.74, 6) is 0. The second kappa shape index (κ2) is 4.09. The van der Waals surface area contributed by atoms with E-state index < -0.39 is 0 Å². The van der Waals surface area contributed by atoms with Gasteiger partial charge in [0.05, 0.1) is 13.2 Å². The summed E-state index contributed by atoms with van der Waals surface area (Å²) < 4.78 is 0. The highest BCUT2D eigenvalue weighted by molar-refractivity contribution is 5.37. The Morgan fingerprint density at radius 3 is 2.93 bits per heavy atom. The van der Waals surface area contributed by atoms with Gasteiger partial charge >= 0.3 is 0 Å². The molecule has 3 heteroatoms. The Morgan fingerprint density at radius 2 is 2.21 bits per heavy atom. The van der Waals surface area contributed by atoms with E-state index in [1.165, 1.54) is 11.1 Å². The Balaban J connectivity index is 2.33. The molecule has 14 heavy (non-hydrogen) atoms. The average Bonchev–Trinajstić information content (AvgIpc) is 2.27. The van der Waals surface area contributed by atoms with Crippen molar-refractivity contribution in [1.29, 1.82) is 0 Å². The second-order valence-electron chi connectivity index (χ2n) is 3.68. The quantitative estimate of drug-likeness (QED) is 0.628. The van der Waals surface area contributed by atoms with Gasteiger partial charge in [0.25, 0.3) is 0 Å². The lowest BCUT2D eigenvalue weighted by Crippen LogP contribution is -2.38. The van der Waals surface area contributed by atoms with Crippen molar-refractivity contribution < 1.29 is 10.2 Å². The van der Waals surface area contributed by atoms with Gasteiger partial charge in [-0.1, -0.05) is 18.2 Å². The van der Waals surface area contributed by atoms with Crippen LogP contribution in [0.1, 0.15) is 16.7 Å². The zero-order chi connectivity index (χ0) is 9.97. The fourth-order valence-corrected chi connectivity index (χ4v) is 1.97. The first-order valence-electron chi connectivity index (χ1n) is 4.90. The molecule has 0 aliphatic carbocycles. The van der Waals surface area contributed by atoms with Gasteiger partial charge in [0.15, 0.2) is 0 Å². The number of hydrogen-bond acceptors (Lipinski definition) is 3. The molecule has 1 aromatic carbocycles. The lowest BCUT2D eigenvalue weighted by Gasteiger charge is -2.26. The first-order chi connectivity index (χ1) is 6.85. The highest BCUT2D eigenvalue weighted by Crippen LogP contribution is 2.20. The lowest BCUT2D eigenvalue weighted by atomic mass is 9.92. The summed E-state index contributed by atoms with van der Waals surface area (Å²) in [5.41, 5.74) is 3.43. The number of aliphatic hydroxyl groups excluding tert-OH is 2. The van der Waals surface area contributed by atoms with Crippen molar-refractivity contribution in [3.8, 4) is 0 Å². The van der Waals surface area contributed by atoms with Gasteiger partial charge < -0.3 is 15.5 Å². The van der Waals surface area contributed by atoms with Crippen LogP contribution in [0.5, 0.6) is 0 Å². The van der Waals surface area contributed by atoms with Crippen LogP contribution in [0.25, 0.3) is 0 Å². The number of benzene rings is 1. The number of hydrogen-bond donors (Lipinski definition) is 3.